The zero-order valence-electron chi connectivity index (χ0n) is 8.37. The number of benzene rings is 2. The van der Waals surface area contributed by atoms with Gasteiger partial charge in [0.2, 0.25) is 0 Å². The summed E-state index contributed by atoms with van der Waals surface area (Å²) in [6, 6.07) is 12.4. The first-order valence-corrected chi connectivity index (χ1v) is 4.64. The smallest absolute Gasteiger partial charge is 0.150 e. The van der Waals surface area contributed by atoms with E-state index in [9.17, 15) is 0 Å². The fraction of sp³-hybridized carbons (Fsp3) is 0.167. The average Bonchev–Trinajstić information content (AvgIpc) is 2.19. The Hall–Kier alpha value is -1.54. The summed E-state index contributed by atoms with van der Waals surface area (Å²) in [7, 11) is 1.76. The van der Waals surface area contributed by atoms with Crippen LogP contribution in [-0.4, -0.2) is 7.05 Å². The molecule has 0 fully saturated rings. The van der Waals surface area contributed by atoms with Crippen LogP contribution in [0, 0.1) is 6.92 Å². The number of rotatable bonds is 2. The molecule has 0 atom stereocenters. The molecule has 2 aromatic rings. The molecule has 2 nitrogen and oxygen atoms in total. The molecule has 0 spiro atoms. The van der Waals surface area contributed by atoms with Gasteiger partial charge in [0.1, 0.15) is 0 Å². The van der Waals surface area contributed by atoms with E-state index in [4.69, 9.17) is 4.84 Å². The molecule has 0 aromatic heterocycles. The van der Waals surface area contributed by atoms with Crippen molar-refractivity contribution in [2.75, 3.05) is 7.05 Å². The molecule has 0 saturated carbocycles. The predicted octanol–water partition coefficient (Wildman–Crippen LogP) is 2.66. The lowest BCUT2D eigenvalue weighted by Crippen LogP contribution is -2.11. The molecule has 0 heterocycles. The van der Waals surface area contributed by atoms with E-state index in [1.807, 2.05) is 25.1 Å². The molecule has 0 aliphatic rings. The van der Waals surface area contributed by atoms with Crippen LogP contribution < -0.4 is 10.3 Å². The quantitative estimate of drug-likeness (QED) is 0.730. The minimum atomic E-state index is 0.881. The molecule has 0 amide bonds. The lowest BCUT2D eigenvalue weighted by Gasteiger charge is -2.08. The molecule has 0 bridgehead atoms. The number of fused-ring (bicyclic) bond motifs is 1. The van der Waals surface area contributed by atoms with Gasteiger partial charge in [0.15, 0.2) is 5.75 Å². The van der Waals surface area contributed by atoms with Gasteiger partial charge in [-0.3, -0.25) is 0 Å². The van der Waals surface area contributed by atoms with Crippen molar-refractivity contribution in [2.45, 2.75) is 6.92 Å². The van der Waals surface area contributed by atoms with Gasteiger partial charge in [-0.1, -0.05) is 24.3 Å². The maximum atomic E-state index is 5.29. The van der Waals surface area contributed by atoms with Crippen molar-refractivity contribution >= 4 is 10.8 Å². The summed E-state index contributed by atoms with van der Waals surface area (Å²) in [6.45, 7) is 2.04. The van der Waals surface area contributed by atoms with Crippen LogP contribution in [-0.2, 0) is 0 Å². The lowest BCUT2D eigenvalue weighted by molar-refractivity contribution is 0.222. The Morgan fingerprint density at radius 1 is 1.07 bits per heavy atom. The van der Waals surface area contributed by atoms with E-state index < -0.39 is 0 Å². The minimum Gasteiger partial charge on any atom is -0.409 e. The molecule has 2 aromatic carbocycles. The van der Waals surface area contributed by atoms with E-state index in [-0.39, 0.29) is 0 Å². The molecule has 14 heavy (non-hydrogen) atoms. The number of aryl methyl sites for hydroxylation is 1. The van der Waals surface area contributed by atoms with Crippen LogP contribution >= 0.6 is 0 Å². The van der Waals surface area contributed by atoms with Crippen molar-refractivity contribution in [3.05, 3.63) is 42.0 Å². The zero-order valence-corrected chi connectivity index (χ0v) is 8.37. The Balaban J connectivity index is 2.59. The van der Waals surface area contributed by atoms with Crippen molar-refractivity contribution < 1.29 is 4.84 Å². The summed E-state index contributed by atoms with van der Waals surface area (Å²) in [6.07, 6.45) is 0. The highest BCUT2D eigenvalue weighted by Crippen LogP contribution is 2.24. The van der Waals surface area contributed by atoms with Crippen LogP contribution in [0.25, 0.3) is 10.8 Å². The van der Waals surface area contributed by atoms with E-state index in [2.05, 4.69) is 23.7 Å². The van der Waals surface area contributed by atoms with Crippen LogP contribution in [0.3, 0.4) is 0 Å². The maximum Gasteiger partial charge on any atom is 0.150 e. The largest absolute Gasteiger partial charge is 0.409 e. The van der Waals surface area contributed by atoms with Crippen molar-refractivity contribution in [1.29, 1.82) is 0 Å². The molecule has 0 saturated heterocycles. The van der Waals surface area contributed by atoms with Crippen molar-refractivity contribution in [3.8, 4) is 5.75 Å². The van der Waals surface area contributed by atoms with E-state index in [1.54, 1.807) is 7.05 Å². The summed E-state index contributed by atoms with van der Waals surface area (Å²) in [5.41, 5.74) is 3.83. The first kappa shape index (κ1) is 9.03. The fourth-order valence-corrected chi connectivity index (χ4v) is 1.55. The van der Waals surface area contributed by atoms with E-state index >= 15 is 0 Å². The van der Waals surface area contributed by atoms with Crippen LogP contribution in [0.15, 0.2) is 36.4 Å². The zero-order chi connectivity index (χ0) is 9.97. The van der Waals surface area contributed by atoms with Gasteiger partial charge >= 0.3 is 0 Å². The Morgan fingerprint density at radius 3 is 2.36 bits per heavy atom. The van der Waals surface area contributed by atoms with Crippen LogP contribution in [0.5, 0.6) is 5.75 Å². The highest BCUT2D eigenvalue weighted by molar-refractivity contribution is 5.84. The molecule has 2 heteroatoms. The van der Waals surface area contributed by atoms with Gasteiger partial charge in [-0.05, 0) is 35.4 Å². The second-order valence-electron chi connectivity index (χ2n) is 3.27. The Labute approximate surface area is 83.5 Å². The molecule has 0 unspecified atom stereocenters. The molecule has 72 valence electrons. The highest BCUT2D eigenvalue weighted by atomic mass is 16.6. The number of hydrogen-bond donors (Lipinski definition) is 1. The SMILES string of the molecule is CNOc1cc2ccccc2cc1C. The Kier molecular flexibility index (Phi) is 2.37. The first-order chi connectivity index (χ1) is 6.81. The number of hydrogen-bond acceptors (Lipinski definition) is 2. The Bertz CT molecular complexity index is 451. The van der Waals surface area contributed by atoms with Gasteiger partial charge in [0.05, 0.1) is 0 Å². The van der Waals surface area contributed by atoms with Crippen LogP contribution in [0.4, 0.5) is 0 Å². The van der Waals surface area contributed by atoms with Crippen LogP contribution in [0.1, 0.15) is 5.56 Å². The average molecular weight is 187 g/mol. The minimum absolute atomic E-state index is 0.881. The first-order valence-electron chi connectivity index (χ1n) is 4.64. The number of nitrogens with one attached hydrogen (secondary N) is 1. The fourth-order valence-electron chi connectivity index (χ4n) is 1.55. The molecule has 0 aliphatic carbocycles. The van der Waals surface area contributed by atoms with Gasteiger partial charge in [-0.15, -0.1) is 0 Å². The van der Waals surface area contributed by atoms with E-state index in [0.29, 0.717) is 0 Å². The number of hydroxylamine groups is 1. The van der Waals surface area contributed by atoms with Gasteiger partial charge in [0, 0.05) is 7.05 Å². The third kappa shape index (κ3) is 1.56. The lowest BCUT2D eigenvalue weighted by atomic mass is 10.1. The van der Waals surface area contributed by atoms with Crippen molar-refractivity contribution in [2.24, 2.45) is 0 Å². The predicted molar refractivity (Wildman–Crippen MR) is 58.4 cm³/mol. The van der Waals surface area contributed by atoms with Crippen molar-refractivity contribution in [1.82, 2.24) is 5.48 Å². The third-order valence-corrected chi connectivity index (χ3v) is 2.26. The van der Waals surface area contributed by atoms with Crippen LogP contribution in [0.2, 0.25) is 0 Å². The monoisotopic (exact) mass is 187 g/mol. The van der Waals surface area contributed by atoms with E-state index in [0.717, 1.165) is 11.3 Å². The molecule has 0 aliphatic heterocycles. The molecule has 1 N–H and O–H groups in total. The summed E-state index contributed by atoms with van der Waals surface area (Å²) in [4.78, 5) is 5.29. The summed E-state index contributed by atoms with van der Waals surface area (Å²) < 4.78 is 0. The highest BCUT2D eigenvalue weighted by Gasteiger charge is 2.01. The van der Waals surface area contributed by atoms with E-state index in [1.165, 1.54) is 10.8 Å². The van der Waals surface area contributed by atoms with Gasteiger partial charge in [-0.25, -0.2) is 0 Å². The molecule has 0 radical (unpaired) electrons. The topological polar surface area (TPSA) is 21.3 Å². The normalized spacial score (nSPS) is 10.4. The standard InChI is InChI=1S/C12H13NO/c1-9-7-10-5-3-4-6-11(10)8-12(9)14-13-2/h3-8,13H,1-2H3. The summed E-state index contributed by atoms with van der Waals surface area (Å²) in [5, 5.41) is 2.44. The maximum absolute atomic E-state index is 5.29. The van der Waals surface area contributed by atoms with Gasteiger partial charge < -0.3 is 4.84 Å². The molecular weight excluding hydrogens is 174 g/mol. The third-order valence-electron chi connectivity index (χ3n) is 2.26. The van der Waals surface area contributed by atoms with Crippen molar-refractivity contribution in [3.63, 3.8) is 0 Å². The molecule has 2 rings (SSSR count). The second kappa shape index (κ2) is 3.68. The summed E-state index contributed by atoms with van der Waals surface area (Å²) >= 11 is 0. The van der Waals surface area contributed by atoms with Gasteiger partial charge in [-0.2, -0.15) is 5.48 Å². The second-order valence-corrected chi connectivity index (χ2v) is 3.27. The Morgan fingerprint density at radius 2 is 1.71 bits per heavy atom. The summed E-state index contributed by atoms with van der Waals surface area (Å²) in [5.74, 6) is 0.881. The molecular formula is C12H13NO. The van der Waals surface area contributed by atoms with Gasteiger partial charge in [0.25, 0.3) is 0 Å².